The van der Waals surface area contributed by atoms with E-state index in [1.54, 1.807) is 0 Å². The summed E-state index contributed by atoms with van der Waals surface area (Å²) in [5, 5.41) is 3.33. The maximum absolute atomic E-state index is 4.56. The van der Waals surface area contributed by atoms with E-state index in [4.69, 9.17) is 0 Å². The third-order valence-corrected chi connectivity index (χ3v) is 2.66. The molecule has 2 rings (SSSR count). The Morgan fingerprint density at radius 1 is 1.24 bits per heavy atom. The molecule has 4 heteroatoms. The van der Waals surface area contributed by atoms with E-state index in [0.29, 0.717) is 0 Å². The summed E-state index contributed by atoms with van der Waals surface area (Å²) in [6, 6.07) is 2.06. The summed E-state index contributed by atoms with van der Waals surface area (Å²) in [4.78, 5) is 11.3. The van der Waals surface area contributed by atoms with Crippen LogP contribution >= 0.6 is 0 Å². The molecule has 0 aliphatic carbocycles. The fourth-order valence-corrected chi connectivity index (χ4v) is 1.80. The summed E-state index contributed by atoms with van der Waals surface area (Å²) in [6.45, 7) is 12.2. The van der Waals surface area contributed by atoms with Gasteiger partial charge >= 0.3 is 0 Å². The molecule has 0 radical (unpaired) electrons. The van der Waals surface area contributed by atoms with E-state index in [1.165, 1.54) is 0 Å². The molecule has 1 N–H and O–H groups in total. The molecule has 4 nitrogen and oxygen atoms in total. The van der Waals surface area contributed by atoms with Gasteiger partial charge in [0.15, 0.2) is 0 Å². The molecule has 1 aliphatic heterocycles. The third-order valence-electron chi connectivity index (χ3n) is 2.66. The fraction of sp³-hybridized carbons (Fsp3) is 0.692. The molecule has 0 atom stereocenters. The van der Waals surface area contributed by atoms with Crippen LogP contribution in [0.5, 0.6) is 0 Å². The van der Waals surface area contributed by atoms with Crippen molar-refractivity contribution >= 4 is 5.95 Å². The monoisotopic (exact) mass is 236 g/mol. The van der Waals surface area contributed by atoms with E-state index in [0.717, 1.165) is 49.9 Å². The number of piperazine rings is 1. The van der Waals surface area contributed by atoms with Gasteiger partial charge < -0.3 is 10.2 Å². The predicted molar refractivity (Wildman–Crippen MR) is 72.6 cm³/mol. The normalized spacial score (nSPS) is 15.2. The Labute approximate surface area is 104 Å². The average molecular weight is 236 g/mol. The van der Waals surface area contributed by atoms with Crippen molar-refractivity contribution in [1.82, 2.24) is 15.3 Å². The van der Waals surface area contributed by atoms with Crippen molar-refractivity contribution in [3.8, 4) is 0 Å². The van der Waals surface area contributed by atoms with Gasteiger partial charge in [0.2, 0.25) is 5.95 Å². The molecule has 1 saturated heterocycles. The van der Waals surface area contributed by atoms with Crippen LogP contribution in [0.4, 0.5) is 5.95 Å². The van der Waals surface area contributed by atoms with Gasteiger partial charge in [0, 0.05) is 37.6 Å². The lowest BCUT2D eigenvalue weighted by Crippen LogP contribution is -2.44. The van der Waals surface area contributed by atoms with Crippen molar-refractivity contribution in [3.63, 3.8) is 0 Å². The molecular formula is C13H24N4. The number of nitrogens with one attached hydrogen (secondary N) is 1. The number of hydrogen-bond acceptors (Lipinski definition) is 4. The van der Waals surface area contributed by atoms with Gasteiger partial charge in [0.1, 0.15) is 0 Å². The summed E-state index contributed by atoms with van der Waals surface area (Å²) >= 11 is 0. The number of hydrogen-bond donors (Lipinski definition) is 1. The first-order valence-electron chi connectivity index (χ1n) is 6.60. The van der Waals surface area contributed by atoms with Gasteiger partial charge in [0.05, 0.1) is 0 Å². The second-order valence-electron chi connectivity index (χ2n) is 3.89. The Balaban J connectivity index is 0.000000686. The minimum atomic E-state index is 0.897. The van der Waals surface area contributed by atoms with E-state index in [1.807, 2.05) is 20.8 Å². The van der Waals surface area contributed by atoms with Crippen LogP contribution in [0.1, 0.15) is 32.2 Å². The van der Waals surface area contributed by atoms with Crippen LogP contribution < -0.4 is 10.2 Å². The van der Waals surface area contributed by atoms with Gasteiger partial charge in [-0.1, -0.05) is 20.8 Å². The first-order chi connectivity index (χ1) is 8.29. The Morgan fingerprint density at radius 3 is 2.47 bits per heavy atom. The molecule has 0 saturated carbocycles. The highest BCUT2D eigenvalue weighted by Crippen LogP contribution is 2.11. The summed E-state index contributed by atoms with van der Waals surface area (Å²) < 4.78 is 0. The van der Waals surface area contributed by atoms with Gasteiger partial charge in [-0.05, 0) is 19.4 Å². The smallest absolute Gasteiger partial charge is 0.225 e. The standard InChI is InChI=1S/C11H18N4.C2H6/c1-3-10-8-9(2)13-11(14-10)15-6-4-12-5-7-15;1-2/h8,12H,3-7H2,1-2H3;1-2H3. The molecule has 1 aromatic heterocycles. The number of aromatic nitrogens is 2. The largest absolute Gasteiger partial charge is 0.338 e. The Kier molecular flexibility index (Phi) is 5.91. The first-order valence-corrected chi connectivity index (χ1v) is 6.60. The van der Waals surface area contributed by atoms with Crippen LogP contribution in [0.2, 0.25) is 0 Å². The maximum atomic E-state index is 4.56. The zero-order chi connectivity index (χ0) is 12.7. The topological polar surface area (TPSA) is 41.1 Å². The number of nitrogens with zero attached hydrogens (tertiary/aromatic N) is 3. The van der Waals surface area contributed by atoms with Crippen LogP contribution in [0, 0.1) is 6.92 Å². The minimum Gasteiger partial charge on any atom is -0.338 e. The lowest BCUT2D eigenvalue weighted by Gasteiger charge is -2.27. The molecule has 1 aromatic rings. The van der Waals surface area contributed by atoms with E-state index in [9.17, 15) is 0 Å². The van der Waals surface area contributed by atoms with Crippen LogP contribution in [0.25, 0.3) is 0 Å². The Hall–Kier alpha value is -1.16. The molecule has 2 heterocycles. The summed E-state index contributed by atoms with van der Waals surface area (Å²) in [6.07, 6.45) is 0.975. The molecule has 1 fully saturated rings. The maximum Gasteiger partial charge on any atom is 0.225 e. The second-order valence-corrected chi connectivity index (χ2v) is 3.89. The Morgan fingerprint density at radius 2 is 1.88 bits per heavy atom. The fourth-order valence-electron chi connectivity index (χ4n) is 1.80. The third kappa shape index (κ3) is 3.97. The average Bonchev–Trinajstić information content (AvgIpc) is 2.41. The van der Waals surface area contributed by atoms with Crippen molar-refractivity contribution in [2.45, 2.75) is 34.1 Å². The van der Waals surface area contributed by atoms with Gasteiger partial charge in [-0.25, -0.2) is 9.97 Å². The van der Waals surface area contributed by atoms with E-state index in [2.05, 4.69) is 33.2 Å². The molecule has 0 bridgehead atoms. The first kappa shape index (κ1) is 13.9. The van der Waals surface area contributed by atoms with Crippen molar-refractivity contribution in [1.29, 1.82) is 0 Å². The molecule has 1 aliphatic rings. The highest BCUT2D eigenvalue weighted by Gasteiger charge is 2.13. The second kappa shape index (κ2) is 7.22. The molecule has 0 unspecified atom stereocenters. The van der Waals surface area contributed by atoms with Gasteiger partial charge in [-0.3, -0.25) is 0 Å². The van der Waals surface area contributed by atoms with Gasteiger partial charge in [0.25, 0.3) is 0 Å². The quantitative estimate of drug-likeness (QED) is 0.850. The molecule has 0 amide bonds. The highest BCUT2D eigenvalue weighted by molar-refractivity contribution is 5.33. The van der Waals surface area contributed by atoms with Crippen LogP contribution in [0.3, 0.4) is 0 Å². The van der Waals surface area contributed by atoms with Gasteiger partial charge in [-0.2, -0.15) is 0 Å². The molecule has 0 spiro atoms. The van der Waals surface area contributed by atoms with E-state index >= 15 is 0 Å². The van der Waals surface area contributed by atoms with Crippen molar-refractivity contribution in [2.75, 3.05) is 31.1 Å². The number of rotatable bonds is 2. The predicted octanol–water partition coefficient (Wildman–Crippen LogP) is 1.78. The van der Waals surface area contributed by atoms with Crippen molar-refractivity contribution in [3.05, 3.63) is 17.5 Å². The summed E-state index contributed by atoms with van der Waals surface area (Å²) in [5.74, 6) is 0.897. The van der Waals surface area contributed by atoms with Crippen LogP contribution in [-0.2, 0) is 6.42 Å². The number of aryl methyl sites for hydroxylation is 2. The highest BCUT2D eigenvalue weighted by atomic mass is 15.3. The zero-order valence-electron chi connectivity index (χ0n) is 11.5. The minimum absolute atomic E-state index is 0.897. The van der Waals surface area contributed by atoms with Crippen molar-refractivity contribution < 1.29 is 0 Å². The van der Waals surface area contributed by atoms with Gasteiger partial charge in [-0.15, -0.1) is 0 Å². The van der Waals surface area contributed by atoms with E-state index in [-0.39, 0.29) is 0 Å². The van der Waals surface area contributed by atoms with Crippen LogP contribution in [-0.4, -0.2) is 36.1 Å². The molecular weight excluding hydrogens is 212 g/mol. The van der Waals surface area contributed by atoms with Crippen molar-refractivity contribution in [2.24, 2.45) is 0 Å². The number of anilines is 1. The lowest BCUT2D eigenvalue weighted by molar-refractivity contribution is 0.578. The zero-order valence-corrected chi connectivity index (χ0v) is 11.5. The molecule has 17 heavy (non-hydrogen) atoms. The van der Waals surface area contributed by atoms with E-state index < -0.39 is 0 Å². The Bertz CT molecular complexity index is 332. The summed E-state index contributed by atoms with van der Waals surface area (Å²) in [7, 11) is 0. The summed E-state index contributed by atoms with van der Waals surface area (Å²) in [5.41, 5.74) is 2.20. The lowest BCUT2D eigenvalue weighted by atomic mass is 10.3. The SMILES string of the molecule is CC.CCc1cc(C)nc(N2CCNCC2)n1. The molecule has 0 aromatic carbocycles. The molecule has 96 valence electrons. The van der Waals surface area contributed by atoms with Crippen LogP contribution in [0.15, 0.2) is 6.07 Å².